The van der Waals surface area contributed by atoms with Crippen molar-refractivity contribution in [2.24, 2.45) is 0 Å². The van der Waals surface area contributed by atoms with Crippen molar-refractivity contribution >= 4 is 0 Å². The predicted molar refractivity (Wildman–Crippen MR) is 29.7 cm³/mol. The van der Waals surface area contributed by atoms with E-state index in [9.17, 15) is 28.5 Å². The molecule has 0 aromatic heterocycles. The van der Waals surface area contributed by atoms with Crippen LogP contribution >= 0.6 is 0 Å². The molecule has 1 radical (unpaired) electrons. The SMILES string of the molecule is CC(C)(N([O])C(F)(F)F)[N+](=O)[O-]. The van der Waals surface area contributed by atoms with Gasteiger partial charge in [-0.3, -0.25) is 10.1 Å². The van der Waals surface area contributed by atoms with Gasteiger partial charge in [-0.25, -0.2) is 0 Å². The molecule has 0 aromatic carbocycles. The average Bonchev–Trinajstić information content (AvgIpc) is 1.83. The van der Waals surface area contributed by atoms with Crippen LogP contribution in [0.2, 0.25) is 0 Å². The molecule has 12 heavy (non-hydrogen) atoms. The number of hydrogen-bond donors (Lipinski definition) is 0. The van der Waals surface area contributed by atoms with Gasteiger partial charge in [0.2, 0.25) is 0 Å². The third-order valence-corrected chi connectivity index (χ3v) is 1.17. The minimum Gasteiger partial charge on any atom is -0.262 e. The molecule has 0 bridgehead atoms. The van der Waals surface area contributed by atoms with Crippen molar-refractivity contribution < 1.29 is 23.3 Å². The molecule has 0 N–H and O–H groups in total. The van der Waals surface area contributed by atoms with Crippen molar-refractivity contribution in [3.8, 4) is 0 Å². The van der Waals surface area contributed by atoms with Crippen molar-refractivity contribution in [3.05, 3.63) is 10.1 Å². The maximum atomic E-state index is 11.6. The highest BCUT2D eigenvalue weighted by molar-refractivity contribution is 4.63. The zero-order valence-corrected chi connectivity index (χ0v) is 6.25. The van der Waals surface area contributed by atoms with Crippen molar-refractivity contribution in [3.63, 3.8) is 0 Å². The molecule has 0 saturated heterocycles. The first-order valence-electron chi connectivity index (χ1n) is 2.79. The Kier molecular flexibility index (Phi) is 2.65. The molecule has 0 saturated carbocycles. The zero-order valence-electron chi connectivity index (χ0n) is 6.25. The van der Waals surface area contributed by atoms with Crippen LogP contribution in [0.3, 0.4) is 0 Å². The number of halogens is 3. The Bertz CT molecular complexity index is 190. The summed E-state index contributed by atoms with van der Waals surface area (Å²) in [6.45, 7) is 1.15. The van der Waals surface area contributed by atoms with Crippen LogP contribution in [0, 0.1) is 10.1 Å². The van der Waals surface area contributed by atoms with E-state index < -0.39 is 21.9 Å². The highest BCUT2D eigenvalue weighted by atomic mass is 19.4. The van der Waals surface area contributed by atoms with Crippen LogP contribution in [-0.4, -0.2) is 21.9 Å². The Morgan fingerprint density at radius 2 is 1.67 bits per heavy atom. The number of hydroxylamine groups is 2. The summed E-state index contributed by atoms with van der Waals surface area (Å²) >= 11 is 0. The van der Waals surface area contributed by atoms with Crippen molar-refractivity contribution in [2.45, 2.75) is 25.8 Å². The molecule has 0 aliphatic heterocycles. The molecule has 0 aliphatic rings. The highest BCUT2D eigenvalue weighted by Gasteiger charge is 2.54. The fourth-order valence-corrected chi connectivity index (χ4v) is 0.384. The van der Waals surface area contributed by atoms with E-state index in [0.717, 1.165) is 0 Å². The third kappa shape index (κ3) is 2.05. The van der Waals surface area contributed by atoms with E-state index in [1.54, 1.807) is 0 Å². The summed E-state index contributed by atoms with van der Waals surface area (Å²) < 4.78 is 34.8. The van der Waals surface area contributed by atoms with E-state index in [-0.39, 0.29) is 0 Å². The smallest absolute Gasteiger partial charge is 0.262 e. The molecule has 0 unspecified atom stereocenters. The lowest BCUT2D eigenvalue weighted by atomic mass is 10.2. The van der Waals surface area contributed by atoms with Gasteiger partial charge in [-0.1, -0.05) is 0 Å². The molecule has 0 aliphatic carbocycles. The molecule has 0 rings (SSSR count). The Morgan fingerprint density at radius 1 is 1.33 bits per heavy atom. The third-order valence-electron chi connectivity index (χ3n) is 1.17. The van der Waals surface area contributed by atoms with E-state index in [1.807, 2.05) is 0 Å². The maximum Gasteiger partial charge on any atom is 0.491 e. The number of rotatable bonds is 2. The Morgan fingerprint density at radius 3 is 1.75 bits per heavy atom. The van der Waals surface area contributed by atoms with E-state index in [1.165, 1.54) is 0 Å². The summed E-state index contributed by atoms with van der Waals surface area (Å²) in [6, 6.07) is 0. The summed E-state index contributed by atoms with van der Waals surface area (Å²) in [5, 5.41) is 18.8. The van der Waals surface area contributed by atoms with Gasteiger partial charge >= 0.3 is 12.0 Å². The van der Waals surface area contributed by atoms with Gasteiger partial charge in [0.15, 0.2) is 0 Å². The van der Waals surface area contributed by atoms with Gasteiger partial charge in [0.1, 0.15) is 0 Å². The van der Waals surface area contributed by atoms with Gasteiger partial charge in [0.25, 0.3) is 0 Å². The van der Waals surface area contributed by atoms with Gasteiger partial charge in [-0.15, -0.1) is 5.21 Å². The van der Waals surface area contributed by atoms with Crippen LogP contribution in [0.5, 0.6) is 0 Å². The van der Waals surface area contributed by atoms with Gasteiger partial charge in [-0.05, 0) is 0 Å². The predicted octanol–water partition coefficient (Wildman–Crippen LogP) is 1.17. The average molecular weight is 187 g/mol. The molecular formula is C4H6F3N2O3. The Balaban J connectivity index is 4.69. The van der Waals surface area contributed by atoms with Crippen molar-refractivity contribution in [2.75, 3.05) is 0 Å². The first kappa shape index (κ1) is 11.1. The summed E-state index contributed by atoms with van der Waals surface area (Å²) in [5.74, 6) is 0. The number of hydrogen-bond acceptors (Lipinski definition) is 3. The second-order valence-electron chi connectivity index (χ2n) is 2.51. The highest BCUT2D eigenvalue weighted by Crippen LogP contribution is 2.27. The number of alkyl halides is 3. The van der Waals surface area contributed by atoms with Gasteiger partial charge in [-0.2, -0.15) is 13.2 Å². The van der Waals surface area contributed by atoms with Gasteiger partial charge in [0, 0.05) is 23.8 Å². The lowest BCUT2D eigenvalue weighted by Crippen LogP contribution is -2.53. The number of nitro groups is 1. The van der Waals surface area contributed by atoms with Crippen molar-refractivity contribution in [1.29, 1.82) is 0 Å². The number of nitrogens with zero attached hydrogens (tertiary/aromatic N) is 2. The fraction of sp³-hybridized carbons (Fsp3) is 1.00. The largest absolute Gasteiger partial charge is 0.491 e. The molecule has 71 valence electrons. The van der Waals surface area contributed by atoms with Gasteiger partial charge < -0.3 is 0 Å². The monoisotopic (exact) mass is 187 g/mol. The fourth-order valence-electron chi connectivity index (χ4n) is 0.384. The quantitative estimate of drug-likeness (QED) is 0.282. The lowest BCUT2D eigenvalue weighted by molar-refractivity contribution is -0.647. The summed E-state index contributed by atoms with van der Waals surface area (Å²) in [4.78, 5) is 8.67. The minimum atomic E-state index is -5.24. The summed E-state index contributed by atoms with van der Waals surface area (Å²) in [6.07, 6.45) is -5.24. The van der Waals surface area contributed by atoms with Gasteiger partial charge in [0.05, 0.1) is 0 Å². The van der Waals surface area contributed by atoms with E-state index in [2.05, 4.69) is 0 Å². The van der Waals surface area contributed by atoms with Crippen LogP contribution in [-0.2, 0) is 5.21 Å². The van der Waals surface area contributed by atoms with Crippen LogP contribution in [0.1, 0.15) is 13.8 Å². The second-order valence-corrected chi connectivity index (χ2v) is 2.51. The first-order valence-corrected chi connectivity index (χ1v) is 2.79. The Hall–Kier alpha value is -0.890. The molecule has 0 atom stereocenters. The topological polar surface area (TPSA) is 66.3 Å². The lowest BCUT2D eigenvalue weighted by Gasteiger charge is -2.23. The molecule has 0 aromatic rings. The van der Waals surface area contributed by atoms with Crippen LogP contribution in [0.25, 0.3) is 0 Å². The van der Waals surface area contributed by atoms with Crippen LogP contribution in [0.4, 0.5) is 13.2 Å². The maximum absolute atomic E-state index is 11.6. The summed E-state index contributed by atoms with van der Waals surface area (Å²) in [5.41, 5.74) is -2.68. The molecule has 0 spiro atoms. The van der Waals surface area contributed by atoms with Crippen LogP contribution < -0.4 is 0 Å². The minimum absolute atomic E-state index is 0.577. The first-order chi connectivity index (χ1) is 5.10. The molecule has 0 heterocycles. The molecular weight excluding hydrogens is 181 g/mol. The standard InChI is InChI=1S/C4H6F3N2O3/c1-3(2,9(11)12)8(10)4(5,6)7/h1-2H3. The molecule has 0 fully saturated rings. The summed E-state index contributed by atoms with van der Waals surface area (Å²) in [7, 11) is 0. The zero-order chi connectivity index (χ0) is 10.2. The van der Waals surface area contributed by atoms with E-state index >= 15 is 0 Å². The second kappa shape index (κ2) is 2.87. The van der Waals surface area contributed by atoms with Crippen molar-refractivity contribution in [1.82, 2.24) is 5.06 Å². The van der Waals surface area contributed by atoms with E-state index in [0.29, 0.717) is 13.8 Å². The normalized spacial score (nSPS) is 13.6. The Labute approximate surface area is 65.5 Å². The molecule has 8 heteroatoms. The molecule has 0 amide bonds. The molecule has 5 nitrogen and oxygen atoms in total. The van der Waals surface area contributed by atoms with Crippen LogP contribution in [0.15, 0.2) is 0 Å². The van der Waals surface area contributed by atoms with E-state index in [4.69, 9.17) is 0 Å².